The predicted molar refractivity (Wildman–Crippen MR) is 107 cm³/mol. The van der Waals surface area contributed by atoms with Crippen LogP contribution in [-0.4, -0.2) is 73.8 Å². The van der Waals surface area contributed by atoms with Crippen molar-refractivity contribution in [2.45, 2.75) is 44.8 Å². The molecule has 1 aromatic rings. The average Bonchev–Trinajstić information content (AvgIpc) is 3.26. The molecular formula is C21H31N3O4. The Hall–Kier alpha value is -2.28. The second-order valence-electron chi connectivity index (χ2n) is 7.40. The number of rotatable bonds is 6. The van der Waals surface area contributed by atoms with Crippen LogP contribution in [0, 0.1) is 0 Å². The summed E-state index contributed by atoms with van der Waals surface area (Å²) in [4.78, 5) is 29.2. The van der Waals surface area contributed by atoms with E-state index in [0.717, 1.165) is 31.4 Å². The van der Waals surface area contributed by atoms with Gasteiger partial charge >= 0.3 is 6.03 Å². The van der Waals surface area contributed by atoms with Crippen molar-refractivity contribution in [2.75, 3.05) is 39.9 Å². The van der Waals surface area contributed by atoms with Crippen LogP contribution in [-0.2, 0) is 4.74 Å². The lowest BCUT2D eigenvalue weighted by atomic mass is 10.1. The minimum atomic E-state index is -0.167. The normalized spacial score (nSPS) is 20.1. The summed E-state index contributed by atoms with van der Waals surface area (Å²) in [6.45, 7) is 4.60. The molecule has 2 fully saturated rings. The molecule has 0 spiro atoms. The van der Waals surface area contributed by atoms with Gasteiger partial charge in [-0.2, -0.15) is 0 Å². The van der Waals surface area contributed by atoms with Crippen molar-refractivity contribution in [3.05, 3.63) is 29.8 Å². The van der Waals surface area contributed by atoms with E-state index in [4.69, 9.17) is 9.47 Å². The molecular weight excluding hydrogens is 358 g/mol. The zero-order chi connectivity index (χ0) is 19.9. The number of benzene rings is 1. The smallest absolute Gasteiger partial charge is 0.317 e. The van der Waals surface area contributed by atoms with Crippen molar-refractivity contribution in [3.8, 4) is 5.75 Å². The molecule has 0 aromatic heterocycles. The van der Waals surface area contributed by atoms with Crippen LogP contribution in [0.2, 0.25) is 0 Å². The van der Waals surface area contributed by atoms with E-state index >= 15 is 0 Å². The van der Waals surface area contributed by atoms with Gasteiger partial charge < -0.3 is 24.6 Å². The Morgan fingerprint density at radius 1 is 1.25 bits per heavy atom. The molecule has 28 heavy (non-hydrogen) atoms. The highest BCUT2D eigenvalue weighted by molar-refractivity contribution is 5.94. The maximum absolute atomic E-state index is 13.3. The van der Waals surface area contributed by atoms with E-state index in [1.807, 2.05) is 36.1 Å². The van der Waals surface area contributed by atoms with Crippen LogP contribution in [0.25, 0.3) is 0 Å². The minimum Gasteiger partial charge on any atom is -0.497 e. The Kier molecular flexibility index (Phi) is 7.14. The Balaban J connectivity index is 1.70. The minimum absolute atomic E-state index is 0.0216. The van der Waals surface area contributed by atoms with Crippen molar-refractivity contribution in [2.24, 2.45) is 0 Å². The fourth-order valence-electron chi connectivity index (χ4n) is 4.01. The average molecular weight is 389 g/mol. The van der Waals surface area contributed by atoms with Gasteiger partial charge in [0.05, 0.1) is 26.4 Å². The molecule has 1 unspecified atom stereocenters. The number of hydrogen-bond acceptors (Lipinski definition) is 4. The van der Waals surface area contributed by atoms with E-state index in [1.54, 1.807) is 12.0 Å². The van der Waals surface area contributed by atoms with Gasteiger partial charge in [-0.1, -0.05) is 12.8 Å². The van der Waals surface area contributed by atoms with E-state index in [-0.39, 0.29) is 24.1 Å². The van der Waals surface area contributed by atoms with Crippen LogP contribution in [0.4, 0.5) is 4.79 Å². The summed E-state index contributed by atoms with van der Waals surface area (Å²) in [6.07, 6.45) is 4.17. The van der Waals surface area contributed by atoms with Gasteiger partial charge in [-0.05, 0) is 44.0 Å². The standard InChI is InChI=1S/C21H31N3O4/c1-3-22-21(26)23-12-13-28-19(14-23)15-24(17-6-4-5-7-17)20(25)16-8-10-18(27-2)11-9-16/h8-11,17,19H,3-7,12-15H2,1-2H3,(H,22,26). The lowest BCUT2D eigenvalue weighted by molar-refractivity contribution is -0.0322. The van der Waals surface area contributed by atoms with Crippen molar-refractivity contribution >= 4 is 11.9 Å². The number of carbonyl (C=O) groups excluding carboxylic acids is 2. The van der Waals surface area contributed by atoms with Crippen LogP contribution in [0.15, 0.2) is 24.3 Å². The topological polar surface area (TPSA) is 71.1 Å². The molecule has 1 heterocycles. The van der Waals surface area contributed by atoms with Crippen molar-refractivity contribution in [3.63, 3.8) is 0 Å². The van der Waals surface area contributed by atoms with Crippen molar-refractivity contribution in [1.82, 2.24) is 15.1 Å². The summed E-state index contributed by atoms with van der Waals surface area (Å²) in [6, 6.07) is 7.42. The molecule has 3 rings (SSSR count). The quantitative estimate of drug-likeness (QED) is 0.812. The molecule has 3 amide bonds. The highest BCUT2D eigenvalue weighted by Gasteiger charge is 2.32. The van der Waals surface area contributed by atoms with Gasteiger partial charge in [0.1, 0.15) is 5.75 Å². The zero-order valence-corrected chi connectivity index (χ0v) is 16.9. The Morgan fingerprint density at radius 3 is 2.61 bits per heavy atom. The highest BCUT2D eigenvalue weighted by Crippen LogP contribution is 2.26. The first kappa shape index (κ1) is 20.5. The fraction of sp³-hybridized carbons (Fsp3) is 0.619. The van der Waals surface area contributed by atoms with Crippen LogP contribution >= 0.6 is 0 Å². The molecule has 1 aromatic carbocycles. The molecule has 1 atom stereocenters. The van der Waals surface area contributed by atoms with Crippen LogP contribution in [0.5, 0.6) is 5.75 Å². The monoisotopic (exact) mass is 389 g/mol. The maximum atomic E-state index is 13.3. The zero-order valence-electron chi connectivity index (χ0n) is 16.9. The van der Waals surface area contributed by atoms with Gasteiger partial charge in [-0.25, -0.2) is 4.79 Å². The second-order valence-corrected chi connectivity index (χ2v) is 7.40. The summed E-state index contributed by atoms with van der Waals surface area (Å²) >= 11 is 0. The van der Waals surface area contributed by atoms with E-state index in [2.05, 4.69) is 5.32 Å². The third-order valence-electron chi connectivity index (χ3n) is 5.52. The lowest BCUT2D eigenvalue weighted by Crippen LogP contribution is -2.54. The van der Waals surface area contributed by atoms with Gasteiger partial charge in [0, 0.05) is 31.2 Å². The molecule has 1 aliphatic carbocycles. The third kappa shape index (κ3) is 4.95. The Morgan fingerprint density at radius 2 is 1.96 bits per heavy atom. The third-order valence-corrected chi connectivity index (χ3v) is 5.52. The second kappa shape index (κ2) is 9.78. The number of carbonyl (C=O) groups is 2. The molecule has 1 saturated carbocycles. The molecule has 1 N–H and O–H groups in total. The lowest BCUT2D eigenvalue weighted by Gasteiger charge is -2.37. The molecule has 1 aliphatic heterocycles. The number of nitrogens with zero attached hydrogens (tertiary/aromatic N) is 2. The number of ether oxygens (including phenoxy) is 2. The summed E-state index contributed by atoms with van der Waals surface area (Å²) in [5.41, 5.74) is 0.657. The first-order valence-corrected chi connectivity index (χ1v) is 10.2. The molecule has 7 heteroatoms. The summed E-state index contributed by atoms with van der Waals surface area (Å²) in [7, 11) is 1.61. The Bertz CT molecular complexity index is 658. The molecule has 0 radical (unpaired) electrons. The molecule has 7 nitrogen and oxygen atoms in total. The van der Waals surface area contributed by atoms with Gasteiger partial charge in [-0.3, -0.25) is 4.79 Å². The SMILES string of the molecule is CCNC(=O)N1CCOC(CN(C(=O)c2ccc(OC)cc2)C2CCCC2)C1. The van der Waals surface area contributed by atoms with Gasteiger partial charge in [0.15, 0.2) is 0 Å². The van der Waals surface area contributed by atoms with Crippen molar-refractivity contribution < 1.29 is 19.1 Å². The molecule has 0 bridgehead atoms. The number of hydrogen-bond donors (Lipinski definition) is 1. The van der Waals surface area contributed by atoms with Crippen LogP contribution in [0.3, 0.4) is 0 Å². The number of urea groups is 1. The number of nitrogens with one attached hydrogen (secondary N) is 1. The van der Waals surface area contributed by atoms with Gasteiger partial charge in [0.25, 0.3) is 5.91 Å². The predicted octanol–water partition coefficient (Wildman–Crippen LogP) is 2.51. The number of morpholine rings is 1. The first-order valence-electron chi connectivity index (χ1n) is 10.2. The van der Waals surface area contributed by atoms with E-state index < -0.39 is 0 Å². The largest absolute Gasteiger partial charge is 0.497 e. The Labute approximate surface area is 167 Å². The number of methoxy groups -OCH3 is 1. The molecule has 1 saturated heterocycles. The van der Waals surface area contributed by atoms with Crippen molar-refractivity contribution in [1.29, 1.82) is 0 Å². The summed E-state index contributed by atoms with van der Waals surface area (Å²) in [5, 5.41) is 2.84. The van der Waals surface area contributed by atoms with Crippen LogP contribution in [0.1, 0.15) is 43.0 Å². The number of amides is 3. The fourth-order valence-corrected chi connectivity index (χ4v) is 4.01. The summed E-state index contributed by atoms with van der Waals surface area (Å²) < 4.78 is 11.1. The summed E-state index contributed by atoms with van der Waals surface area (Å²) in [5.74, 6) is 0.755. The molecule has 2 aliphatic rings. The highest BCUT2D eigenvalue weighted by atomic mass is 16.5. The molecule has 154 valence electrons. The van der Waals surface area contributed by atoms with Gasteiger partial charge in [-0.15, -0.1) is 0 Å². The van der Waals surface area contributed by atoms with E-state index in [1.165, 1.54) is 0 Å². The maximum Gasteiger partial charge on any atom is 0.317 e. The first-order chi connectivity index (χ1) is 13.6. The van der Waals surface area contributed by atoms with E-state index in [0.29, 0.717) is 38.3 Å². The van der Waals surface area contributed by atoms with E-state index in [9.17, 15) is 9.59 Å². The van der Waals surface area contributed by atoms with Gasteiger partial charge in [0.2, 0.25) is 0 Å². The van der Waals surface area contributed by atoms with Crippen LogP contribution < -0.4 is 10.1 Å².